The smallest absolute Gasteiger partial charge is 0.258 e. The molecule has 140 valence electrons. The molecule has 1 heterocycles. The van der Waals surface area contributed by atoms with Crippen LogP contribution in [-0.2, 0) is 0 Å². The molecule has 0 spiro atoms. The lowest BCUT2D eigenvalue weighted by Crippen LogP contribution is -2.12. The predicted octanol–water partition coefficient (Wildman–Crippen LogP) is 6.07. The van der Waals surface area contributed by atoms with Gasteiger partial charge < -0.3 is 5.32 Å². The maximum absolute atomic E-state index is 14.0. The van der Waals surface area contributed by atoms with Crippen molar-refractivity contribution in [2.24, 2.45) is 0 Å². The first-order chi connectivity index (χ1) is 13.4. The van der Waals surface area contributed by atoms with Crippen molar-refractivity contribution in [3.05, 3.63) is 81.8 Å². The highest BCUT2D eigenvalue weighted by atomic mass is 35.5. The van der Waals surface area contributed by atoms with E-state index in [-0.39, 0.29) is 22.0 Å². The fourth-order valence-electron chi connectivity index (χ4n) is 2.85. The molecule has 2 N–H and O–H groups in total. The molecule has 0 aliphatic heterocycles. The third kappa shape index (κ3) is 3.44. The van der Waals surface area contributed by atoms with Crippen LogP contribution >= 0.6 is 23.2 Å². The second-order valence-electron chi connectivity index (χ2n) is 6.04. The highest BCUT2D eigenvalue weighted by Crippen LogP contribution is 2.30. The Morgan fingerprint density at radius 3 is 2.61 bits per heavy atom. The van der Waals surface area contributed by atoms with Gasteiger partial charge >= 0.3 is 0 Å². The lowest BCUT2D eigenvalue weighted by atomic mass is 10.0. The van der Waals surface area contributed by atoms with Crippen LogP contribution in [0.25, 0.3) is 22.0 Å². The minimum Gasteiger partial charge on any atom is -0.305 e. The Kier molecular flexibility index (Phi) is 4.75. The van der Waals surface area contributed by atoms with Gasteiger partial charge in [0.25, 0.3) is 5.91 Å². The van der Waals surface area contributed by atoms with Crippen molar-refractivity contribution in [3.63, 3.8) is 0 Å². The molecule has 0 saturated carbocycles. The van der Waals surface area contributed by atoms with Gasteiger partial charge in [-0.2, -0.15) is 5.10 Å². The van der Waals surface area contributed by atoms with Crippen LogP contribution in [0.15, 0.2) is 54.6 Å². The first kappa shape index (κ1) is 18.4. The fraction of sp³-hybridized carbons (Fsp3) is 0. The molecular weight excluding hydrogens is 407 g/mol. The molecule has 0 aliphatic carbocycles. The molecule has 4 nitrogen and oxygen atoms in total. The monoisotopic (exact) mass is 417 g/mol. The zero-order chi connectivity index (χ0) is 19.8. The summed E-state index contributed by atoms with van der Waals surface area (Å²) >= 11 is 11.9. The van der Waals surface area contributed by atoms with E-state index in [9.17, 15) is 13.6 Å². The van der Waals surface area contributed by atoms with Crippen LogP contribution in [0.2, 0.25) is 10.0 Å². The number of halogens is 4. The van der Waals surface area contributed by atoms with Gasteiger partial charge in [0.15, 0.2) is 5.82 Å². The van der Waals surface area contributed by atoms with E-state index in [0.717, 1.165) is 18.2 Å². The second-order valence-corrected chi connectivity index (χ2v) is 6.88. The minimum absolute atomic E-state index is 0.134. The number of nitrogens with zero attached hydrogens (tertiary/aromatic N) is 1. The number of carbonyl (C=O) groups is 1. The summed E-state index contributed by atoms with van der Waals surface area (Å²) in [5.74, 6) is -1.23. The van der Waals surface area contributed by atoms with Crippen molar-refractivity contribution in [3.8, 4) is 11.1 Å². The van der Waals surface area contributed by atoms with E-state index >= 15 is 0 Å². The SMILES string of the molecule is O=C(Nc1n[nH]c2cc(-c3cc(F)ccc3F)ccc12)c1ccc(Cl)cc1Cl. The Labute approximate surface area is 168 Å². The standard InChI is InChI=1S/C20H11Cl2F2N3O/c21-11-2-5-13(16(22)8-11)20(28)25-19-14-4-1-10(7-18(14)26-27-19)15-9-12(23)3-6-17(15)24/h1-9H,(H2,25,26,27,28). The van der Waals surface area contributed by atoms with Gasteiger partial charge in [0.2, 0.25) is 0 Å². The highest BCUT2D eigenvalue weighted by molar-refractivity contribution is 6.37. The molecule has 1 amide bonds. The maximum atomic E-state index is 14.0. The first-order valence-electron chi connectivity index (χ1n) is 8.12. The Balaban J connectivity index is 1.67. The van der Waals surface area contributed by atoms with Crippen molar-refractivity contribution in [1.82, 2.24) is 10.2 Å². The third-order valence-corrected chi connectivity index (χ3v) is 4.76. The van der Waals surface area contributed by atoms with Gasteiger partial charge in [-0.05, 0) is 54.1 Å². The topological polar surface area (TPSA) is 57.8 Å². The predicted molar refractivity (Wildman–Crippen MR) is 106 cm³/mol. The number of anilines is 1. The van der Waals surface area contributed by atoms with Crippen molar-refractivity contribution in [2.45, 2.75) is 0 Å². The number of carbonyl (C=O) groups excluding carboxylic acids is 1. The Bertz CT molecular complexity index is 1220. The van der Waals surface area contributed by atoms with E-state index in [2.05, 4.69) is 15.5 Å². The molecule has 4 aromatic rings. The Morgan fingerprint density at radius 1 is 1.00 bits per heavy atom. The molecular formula is C20H11Cl2F2N3O. The molecule has 0 aliphatic rings. The van der Waals surface area contributed by atoms with Crippen LogP contribution in [0.4, 0.5) is 14.6 Å². The molecule has 0 atom stereocenters. The number of aromatic nitrogens is 2. The van der Waals surface area contributed by atoms with Gasteiger partial charge in [-0.1, -0.05) is 29.3 Å². The van der Waals surface area contributed by atoms with Crippen LogP contribution in [0, 0.1) is 11.6 Å². The van der Waals surface area contributed by atoms with Gasteiger partial charge in [-0.3, -0.25) is 9.89 Å². The summed E-state index contributed by atoms with van der Waals surface area (Å²) in [5, 5.41) is 10.8. The minimum atomic E-state index is -0.536. The molecule has 0 fully saturated rings. The molecule has 4 rings (SSSR count). The summed E-state index contributed by atoms with van der Waals surface area (Å²) in [6.07, 6.45) is 0. The Morgan fingerprint density at radius 2 is 1.82 bits per heavy atom. The number of hydrogen-bond acceptors (Lipinski definition) is 2. The van der Waals surface area contributed by atoms with E-state index in [1.807, 2.05) is 0 Å². The maximum Gasteiger partial charge on any atom is 0.258 e. The third-order valence-electron chi connectivity index (χ3n) is 4.21. The normalized spacial score (nSPS) is 11.0. The number of aromatic amines is 1. The molecule has 0 bridgehead atoms. The van der Waals surface area contributed by atoms with E-state index in [1.165, 1.54) is 12.1 Å². The van der Waals surface area contributed by atoms with E-state index in [4.69, 9.17) is 23.2 Å². The van der Waals surface area contributed by atoms with Crippen molar-refractivity contribution < 1.29 is 13.6 Å². The van der Waals surface area contributed by atoms with E-state index < -0.39 is 17.5 Å². The van der Waals surface area contributed by atoms with Gasteiger partial charge in [0.05, 0.1) is 16.1 Å². The average molecular weight is 418 g/mol. The fourth-order valence-corrected chi connectivity index (χ4v) is 3.34. The lowest BCUT2D eigenvalue weighted by Gasteiger charge is -2.06. The number of amides is 1. The van der Waals surface area contributed by atoms with Gasteiger partial charge in [0.1, 0.15) is 11.6 Å². The number of fused-ring (bicyclic) bond motifs is 1. The van der Waals surface area contributed by atoms with E-state index in [0.29, 0.717) is 21.5 Å². The van der Waals surface area contributed by atoms with Gasteiger partial charge in [-0.15, -0.1) is 0 Å². The van der Waals surface area contributed by atoms with Crippen molar-refractivity contribution in [1.29, 1.82) is 0 Å². The van der Waals surface area contributed by atoms with Crippen LogP contribution in [0.3, 0.4) is 0 Å². The summed E-state index contributed by atoms with van der Waals surface area (Å²) in [7, 11) is 0. The largest absolute Gasteiger partial charge is 0.305 e. The second kappa shape index (κ2) is 7.22. The van der Waals surface area contributed by atoms with Crippen LogP contribution < -0.4 is 5.32 Å². The summed E-state index contributed by atoms with van der Waals surface area (Å²) < 4.78 is 27.5. The van der Waals surface area contributed by atoms with E-state index in [1.54, 1.807) is 24.3 Å². The molecule has 8 heteroatoms. The summed E-state index contributed by atoms with van der Waals surface area (Å²) in [6.45, 7) is 0. The number of benzene rings is 3. The molecule has 0 unspecified atom stereocenters. The first-order valence-corrected chi connectivity index (χ1v) is 8.88. The quantitative estimate of drug-likeness (QED) is 0.425. The number of H-pyrrole nitrogens is 1. The molecule has 0 radical (unpaired) electrons. The molecule has 28 heavy (non-hydrogen) atoms. The van der Waals surface area contributed by atoms with Crippen LogP contribution in [0.1, 0.15) is 10.4 Å². The molecule has 3 aromatic carbocycles. The number of nitrogens with one attached hydrogen (secondary N) is 2. The zero-order valence-electron chi connectivity index (χ0n) is 14.1. The van der Waals surface area contributed by atoms with Gasteiger partial charge in [-0.25, -0.2) is 8.78 Å². The molecule has 0 saturated heterocycles. The van der Waals surface area contributed by atoms with Crippen LogP contribution in [-0.4, -0.2) is 16.1 Å². The molecule has 1 aromatic heterocycles. The van der Waals surface area contributed by atoms with Crippen molar-refractivity contribution in [2.75, 3.05) is 5.32 Å². The highest BCUT2D eigenvalue weighted by Gasteiger charge is 2.15. The average Bonchev–Trinajstić information content (AvgIpc) is 3.05. The van der Waals surface area contributed by atoms with Gasteiger partial charge in [0, 0.05) is 16.0 Å². The van der Waals surface area contributed by atoms with Crippen molar-refractivity contribution >= 4 is 45.8 Å². The summed E-state index contributed by atoms with van der Waals surface area (Å²) in [4.78, 5) is 12.5. The van der Waals surface area contributed by atoms with Crippen LogP contribution in [0.5, 0.6) is 0 Å². The summed E-state index contributed by atoms with van der Waals surface area (Å²) in [5.41, 5.74) is 1.42. The number of rotatable bonds is 3. The number of hydrogen-bond donors (Lipinski definition) is 2. The Hall–Kier alpha value is -2.96. The summed E-state index contributed by atoms with van der Waals surface area (Å²) in [6, 6.07) is 12.7. The lowest BCUT2D eigenvalue weighted by molar-refractivity contribution is 0.102. The zero-order valence-corrected chi connectivity index (χ0v) is 15.6.